The minimum atomic E-state index is -5.17. The average molecular weight is 1830 g/mol. The molecular formula is H20Na12O64S16. The first-order chi connectivity index (χ1) is 32.0. The molecular weight excluding hydrogens is 1810 g/mol. The zero-order valence-electron chi connectivity index (χ0n) is 45.4. The van der Waals surface area contributed by atoms with Crippen molar-refractivity contribution in [2.45, 2.75) is 0 Å². The summed E-state index contributed by atoms with van der Waals surface area (Å²) < 4.78 is 520. The van der Waals surface area contributed by atoms with Gasteiger partial charge in [0.2, 0.25) is 0 Å². The van der Waals surface area contributed by atoms with Gasteiger partial charge < -0.3 is 54.6 Å². The van der Waals surface area contributed by atoms with Gasteiger partial charge in [0, 0.05) is 62.4 Å². The number of hydrogen-bond acceptors (Lipinski definition) is 44. The molecule has 0 spiro atoms. The van der Waals surface area contributed by atoms with Gasteiger partial charge in [-0.15, -0.1) is 0 Å². The molecule has 0 radical (unpaired) electrons. The van der Waals surface area contributed by atoms with Crippen LogP contribution in [0.4, 0.5) is 0 Å². The Labute approximate surface area is 785 Å². The van der Waals surface area contributed by atoms with E-state index in [2.05, 4.69) is 0 Å². The van der Waals surface area contributed by atoms with Gasteiger partial charge in [-0.1, -0.05) is 0 Å². The quantitative estimate of drug-likeness (QED) is 0.0608. The summed E-state index contributed by atoms with van der Waals surface area (Å²) in [4.78, 5) is 0. The molecule has 0 atom stereocenters. The van der Waals surface area contributed by atoms with Crippen LogP contribution in [0.1, 0.15) is 0 Å². The first-order valence-corrected chi connectivity index (χ1v) is 33.0. The van der Waals surface area contributed by atoms with Crippen molar-refractivity contribution in [1.82, 2.24) is 0 Å². The minimum Gasteiger partial charge on any atom is -0.759 e. The van der Waals surface area contributed by atoms with Crippen molar-refractivity contribution in [1.29, 1.82) is 0 Å². The second-order valence-corrected chi connectivity index (χ2v) is 20.8. The molecule has 0 amide bonds. The van der Waals surface area contributed by atoms with E-state index in [1.807, 2.05) is 0 Å². The molecule has 0 fully saturated rings. The molecule has 512 valence electrons. The van der Waals surface area contributed by atoms with E-state index in [0.717, 1.165) is 0 Å². The third-order valence-electron chi connectivity index (χ3n) is 0. The van der Waals surface area contributed by atoms with E-state index in [0.29, 0.717) is 0 Å². The van der Waals surface area contributed by atoms with Crippen LogP contribution in [0.2, 0.25) is 0 Å². The molecule has 92 heteroatoms. The van der Waals surface area contributed by atoms with E-state index in [1.165, 1.54) is 0 Å². The maximum Gasteiger partial charge on any atom is 1.00 e. The van der Waals surface area contributed by atoms with Crippen molar-refractivity contribution in [3.8, 4) is 0 Å². The maximum absolute atomic E-state index is 8.74. The van der Waals surface area contributed by atoms with Crippen LogP contribution >= 0.6 is 0 Å². The summed E-state index contributed by atoms with van der Waals surface area (Å²) in [6, 6.07) is 0. The van der Waals surface area contributed by atoms with Gasteiger partial charge in [0.25, 0.3) is 0 Å². The fourth-order valence-electron chi connectivity index (χ4n) is 0. The van der Waals surface area contributed by atoms with E-state index in [1.54, 1.807) is 0 Å². The molecule has 0 aromatic heterocycles. The molecule has 0 aromatic rings. The standard InChI is InChI=1S/12Na.16H2O4S/c;;;;;;;;;;;;16*1-5(2,3)4/h;;;;;;;;;;;;16*(H2,1,2,3,4)/q12*+1;;;;;;;;;;;;;;;;/p-12. The van der Waals surface area contributed by atoms with Crippen molar-refractivity contribution in [2.75, 3.05) is 0 Å². The Hall–Kier alpha value is 9.92. The molecule has 0 aliphatic heterocycles. The van der Waals surface area contributed by atoms with Gasteiger partial charge in [0.1, 0.15) is 0 Å². The molecule has 0 aliphatic carbocycles. The SMILES string of the molecule is O=S(=O)(O)O.O=S(=O)(O)O.O=S(=O)(O)O.O=S(=O)(O)O.O=S(=O)(O)O.O=S(=O)(O)O.O=S(=O)(O)O.O=S(=O)(O)O.O=S(=O)(O)O.O=S(=O)(O)O.O=S(=O)([O-])[O-].O=S(=O)([O-])[O-].O=S(=O)([O-])[O-].O=S(=O)([O-])[O-].O=S(=O)([O-])[O-].O=S(=O)([O-])[O-].[Na+].[Na+].[Na+].[Na+].[Na+].[Na+].[Na+].[Na+].[Na+].[Na+].[Na+].[Na+]. The van der Waals surface area contributed by atoms with Gasteiger partial charge >= 0.3 is 459 Å². The average Bonchev–Trinajstić information content (AvgIpc) is 2.70. The molecule has 0 unspecified atom stereocenters. The van der Waals surface area contributed by atoms with Gasteiger partial charge in [-0.3, -0.25) is 142 Å². The summed E-state index contributed by atoms with van der Waals surface area (Å²) in [5.41, 5.74) is 0. The maximum atomic E-state index is 8.74. The van der Waals surface area contributed by atoms with Crippen LogP contribution in [0.3, 0.4) is 0 Å². The third kappa shape index (κ3) is 9940. The van der Waals surface area contributed by atoms with Gasteiger partial charge in [0.05, 0.1) is 0 Å². The molecule has 0 heterocycles. The van der Waals surface area contributed by atoms with Crippen molar-refractivity contribution < 1.29 is 635 Å². The number of hydrogen-bond donors (Lipinski definition) is 20. The van der Waals surface area contributed by atoms with Crippen LogP contribution in [-0.2, 0) is 166 Å². The Bertz CT molecular complexity index is 2400. The summed E-state index contributed by atoms with van der Waals surface area (Å²) in [6.45, 7) is 0. The van der Waals surface area contributed by atoms with E-state index in [4.69, 9.17) is 280 Å². The number of rotatable bonds is 0. The van der Waals surface area contributed by atoms with Crippen molar-refractivity contribution in [3.05, 3.63) is 0 Å². The Kier molecular flexibility index (Phi) is 185. The van der Waals surface area contributed by atoms with Crippen molar-refractivity contribution in [3.63, 3.8) is 0 Å². The Morgan fingerprint density at radius 2 is 0.109 bits per heavy atom. The summed E-state index contributed by atoms with van der Waals surface area (Å²) >= 11 is 0. The minimum absolute atomic E-state index is 0. The summed E-state index contributed by atoms with van der Waals surface area (Å²) in [5.74, 6) is 0. The molecule has 0 saturated heterocycles. The molecule has 0 aliphatic rings. The Morgan fingerprint density at radius 3 is 0.109 bits per heavy atom. The van der Waals surface area contributed by atoms with Crippen LogP contribution in [-0.4, -0.2) is 280 Å². The third-order valence-corrected chi connectivity index (χ3v) is 0. The van der Waals surface area contributed by atoms with Gasteiger partial charge in [-0.25, -0.2) is 0 Å². The first-order valence-electron chi connectivity index (χ1n) is 11.0. The first kappa shape index (κ1) is 190. The predicted molar refractivity (Wildman–Crippen MR) is 205 cm³/mol. The van der Waals surface area contributed by atoms with E-state index < -0.39 is 166 Å². The summed E-state index contributed by atoms with van der Waals surface area (Å²) in [6.07, 6.45) is 0. The smallest absolute Gasteiger partial charge is 0.759 e. The zero-order valence-corrected chi connectivity index (χ0v) is 82.5. The van der Waals surface area contributed by atoms with Crippen molar-refractivity contribution in [2.24, 2.45) is 0 Å². The molecule has 0 rings (SSSR count). The normalized spacial score (nSPS) is 10.1. The molecule has 20 N–H and O–H groups in total. The fourth-order valence-corrected chi connectivity index (χ4v) is 0. The van der Waals surface area contributed by atoms with E-state index >= 15 is 0 Å². The van der Waals surface area contributed by atoms with Crippen LogP contribution in [0.5, 0.6) is 0 Å². The predicted octanol–water partition coefficient (Wildman–Crippen LogP) is -50.5. The second kappa shape index (κ2) is 89.8. The fraction of sp³-hybridized carbons (Fsp3) is 0. The van der Waals surface area contributed by atoms with Crippen LogP contribution in [0.15, 0.2) is 0 Å². The van der Waals surface area contributed by atoms with Crippen LogP contribution in [0.25, 0.3) is 0 Å². The van der Waals surface area contributed by atoms with E-state index in [9.17, 15) is 0 Å². The molecule has 64 nitrogen and oxygen atoms in total. The van der Waals surface area contributed by atoms with E-state index in [-0.39, 0.29) is 355 Å². The zero-order chi connectivity index (χ0) is 72.0. The molecule has 92 heavy (non-hydrogen) atoms. The van der Waals surface area contributed by atoms with Gasteiger partial charge in [0.15, 0.2) is 0 Å². The summed E-state index contributed by atoms with van der Waals surface area (Å²) in [7, 11) is -77.7. The van der Waals surface area contributed by atoms with Gasteiger partial charge in [-0.05, 0) is 0 Å². The molecule has 0 bridgehead atoms. The largest absolute Gasteiger partial charge is 1.00 e. The molecule has 0 saturated carbocycles. The molecule has 0 aromatic carbocycles. The summed E-state index contributed by atoms with van der Waals surface area (Å²) in [5, 5.41) is 0. The Balaban J connectivity index is -0.0000000181. The van der Waals surface area contributed by atoms with Crippen molar-refractivity contribution >= 4 is 166 Å². The monoisotopic (exact) mass is 1830 g/mol. The topological polar surface area (TPSA) is 1230 Å². The Morgan fingerprint density at radius 1 is 0.109 bits per heavy atom. The van der Waals surface area contributed by atoms with Crippen LogP contribution < -0.4 is 355 Å². The second-order valence-electron chi connectivity index (χ2n) is 6.93. The van der Waals surface area contributed by atoms with Crippen LogP contribution in [0, 0.1) is 0 Å². The van der Waals surface area contributed by atoms with Gasteiger partial charge in [-0.2, -0.15) is 84.2 Å².